The van der Waals surface area contributed by atoms with Crippen molar-refractivity contribution >= 4 is 23.4 Å². The second-order valence-corrected chi connectivity index (χ2v) is 8.57. The van der Waals surface area contributed by atoms with Gasteiger partial charge < -0.3 is 22.3 Å². The third-order valence-corrected chi connectivity index (χ3v) is 5.74. The van der Waals surface area contributed by atoms with Gasteiger partial charge in [-0.05, 0) is 6.07 Å². The van der Waals surface area contributed by atoms with Crippen LogP contribution in [-0.4, -0.2) is 119 Å². The highest BCUT2D eigenvalue weighted by atomic mass is 16.6. The second-order valence-electron chi connectivity index (χ2n) is 8.57. The number of nitro benzene ring substituents is 1. The number of phenolic OH excluding ortho intramolecular Hbond substituents is 1. The summed E-state index contributed by atoms with van der Waals surface area (Å²) < 4.78 is 0. The maximum atomic E-state index is 11.6. The molecule has 14 nitrogen and oxygen atoms in total. The molecule has 0 unspecified atom stereocenters. The van der Waals surface area contributed by atoms with Crippen molar-refractivity contribution in [3.05, 3.63) is 33.9 Å². The molecular formula is C21H34N8O6. The Balaban J connectivity index is 2.24. The molecule has 7 N–H and O–H groups in total. The standard InChI is InChI=1S/C21H34N8O6/c22-19(31)13-26-5-3-25(12-16-11-17(29(34)35)1-2-18(16)30)4-6-27(14-20(23)32)8-10-28(9-7-26)15-21(24)33/h1-2,11,30H,3-10,12-15H2,(H2,22,31)(H2,23,32)(H2,24,33). The van der Waals surface area contributed by atoms with Crippen molar-refractivity contribution in [3.63, 3.8) is 0 Å². The van der Waals surface area contributed by atoms with E-state index in [1.807, 2.05) is 19.6 Å². The molecule has 1 aromatic carbocycles. The first-order valence-electron chi connectivity index (χ1n) is 11.2. The number of primary amides is 3. The molecule has 1 fully saturated rings. The molecule has 0 bridgehead atoms. The van der Waals surface area contributed by atoms with Crippen LogP contribution >= 0.6 is 0 Å². The molecule has 0 aromatic heterocycles. The third-order valence-electron chi connectivity index (χ3n) is 5.74. The number of benzene rings is 1. The highest BCUT2D eigenvalue weighted by Gasteiger charge is 2.20. The minimum atomic E-state index is -0.527. The SMILES string of the molecule is NC(=O)CN1CCN(CC(N)=O)CCN(Cc2cc([N+](=O)[O-])ccc2O)CCN(CC(N)=O)CC1. The highest BCUT2D eigenvalue weighted by molar-refractivity contribution is 5.76. The van der Waals surface area contributed by atoms with E-state index in [1.54, 1.807) is 0 Å². The molecule has 0 atom stereocenters. The lowest BCUT2D eigenvalue weighted by atomic mass is 10.1. The Bertz CT molecular complexity index is 882. The smallest absolute Gasteiger partial charge is 0.270 e. The van der Waals surface area contributed by atoms with Gasteiger partial charge in [0.2, 0.25) is 17.7 Å². The number of rotatable bonds is 9. The fraction of sp³-hybridized carbons (Fsp3) is 0.571. The van der Waals surface area contributed by atoms with Crippen molar-refractivity contribution in [2.75, 3.05) is 72.0 Å². The van der Waals surface area contributed by atoms with Gasteiger partial charge in [-0.25, -0.2) is 0 Å². The van der Waals surface area contributed by atoms with Crippen LogP contribution in [0.25, 0.3) is 0 Å². The monoisotopic (exact) mass is 494 g/mol. The normalized spacial score (nSPS) is 17.8. The molecule has 1 saturated heterocycles. The number of carbonyl (C=O) groups is 3. The topological polar surface area (TPSA) is 206 Å². The van der Waals surface area contributed by atoms with Gasteiger partial charge in [0.25, 0.3) is 5.69 Å². The highest BCUT2D eigenvalue weighted by Crippen LogP contribution is 2.24. The van der Waals surface area contributed by atoms with Crippen LogP contribution in [0.15, 0.2) is 18.2 Å². The summed E-state index contributed by atoms with van der Waals surface area (Å²) in [5.74, 6) is -1.53. The molecule has 1 aliphatic rings. The van der Waals surface area contributed by atoms with Crippen molar-refractivity contribution in [3.8, 4) is 5.75 Å². The molecule has 0 radical (unpaired) electrons. The molecule has 3 amide bonds. The summed E-state index contributed by atoms with van der Waals surface area (Å²) >= 11 is 0. The van der Waals surface area contributed by atoms with E-state index in [2.05, 4.69) is 0 Å². The van der Waals surface area contributed by atoms with Crippen molar-refractivity contribution < 1.29 is 24.4 Å². The predicted molar refractivity (Wildman–Crippen MR) is 127 cm³/mol. The van der Waals surface area contributed by atoms with Gasteiger partial charge in [0.15, 0.2) is 0 Å². The van der Waals surface area contributed by atoms with Gasteiger partial charge in [-0.2, -0.15) is 0 Å². The van der Waals surface area contributed by atoms with Crippen LogP contribution < -0.4 is 17.2 Å². The second kappa shape index (κ2) is 13.5. The number of nitro groups is 1. The van der Waals surface area contributed by atoms with Crippen LogP contribution in [0.5, 0.6) is 5.75 Å². The van der Waals surface area contributed by atoms with E-state index in [0.29, 0.717) is 57.9 Å². The number of hydrogen-bond donors (Lipinski definition) is 4. The van der Waals surface area contributed by atoms with Gasteiger partial charge in [0.05, 0.1) is 24.6 Å². The van der Waals surface area contributed by atoms with Crippen molar-refractivity contribution in [1.82, 2.24) is 19.6 Å². The first-order chi connectivity index (χ1) is 16.5. The number of hydrogen-bond acceptors (Lipinski definition) is 10. The predicted octanol–water partition coefficient (Wildman–Crippen LogP) is -2.52. The molecule has 0 aliphatic carbocycles. The number of phenols is 1. The zero-order chi connectivity index (χ0) is 26.0. The number of carbonyl (C=O) groups excluding carboxylic acids is 3. The van der Waals surface area contributed by atoms with Gasteiger partial charge in [0, 0.05) is 76.6 Å². The minimum Gasteiger partial charge on any atom is -0.508 e. The van der Waals surface area contributed by atoms with Crippen LogP contribution in [0.3, 0.4) is 0 Å². The molecule has 35 heavy (non-hydrogen) atoms. The average molecular weight is 495 g/mol. The summed E-state index contributed by atoms with van der Waals surface area (Å²) in [5.41, 5.74) is 16.5. The molecule has 14 heteroatoms. The molecule has 0 spiro atoms. The molecule has 1 aliphatic heterocycles. The summed E-state index contributed by atoms with van der Waals surface area (Å²) in [6.45, 7) is 3.89. The van der Waals surface area contributed by atoms with Gasteiger partial charge in [-0.1, -0.05) is 0 Å². The fourth-order valence-electron chi connectivity index (χ4n) is 3.93. The Labute approximate surface area is 203 Å². The zero-order valence-corrected chi connectivity index (χ0v) is 19.7. The van der Waals surface area contributed by atoms with E-state index in [0.717, 1.165) is 0 Å². The summed E-state index contributed by atoms with van der Waals surface area (Å²) in [6.07, 6.45) is 0. The maximum Gasteiger partial charge on any atom is 0.270 e. The first-order valence-corrected chi connectivity index (χ1v) is 11.2. The van der Waals surface area contributed by atoms with E-state index in [4.69, 9.17) is 17.2 Å². The van der Waals surface area contributed by atoms with Crippen LogP contribution in [0.2, 0.25) is 0 Å². The van der Waals surface area contributed by atoms with E-state index >= 15 is 0 Å². The largest absolute Gasteiger partial charge is 0.508 e. The van der Waals surface area contributed by atoms with E-state index in [-0.39, 0.29) is 37.6 Å². The molecule has 1 heterocycles. The number of aromatic hydroxyl groups is 1. The van der Waals surface area contributed by atoms with Gasteiger partial charge >= 0.3 is 0 Å². The number of amides is 3. The van der Waals surface area contributed by atoms with Crippen LogP contribution in [0.4, 0.5) is 5.69 Å². The lowest BCUT2D eigenvalue weighted by Crippen LogP contribution is -2.49. The molecule has 194 valence electrons. The van der Waals surface area contributed by atoms with Gasteiger partial charge in [-0.3, -0.25) is 44.1 Å². The molecule has 2 rings (SSSR count). The number of nitrogens with two attached hydrogens (primary N) is 3. The minimum absolute atomic E-state index is 0.0219. The van der Waals surface area contributed by atoms with Gasteiger partial charge in [0.1, 0.15) is 5.75 Å². The Morgan fingerprint density at radius 1 is 0.771 bits per heavy atom. The van der Waals surface area contributed by atoms with Crippen molar-refractivity contribution in [2.24, 2.45) is 17.2 Å². The fourth-order valence-corrected chi connectivity index (χ4v) is 3.93. The summed E-state index contributed by atoms with van der Waals surface area (Å²) in [5, 5.41) is 21.4. The molecule has 0 saturated carbocycles. The average Bonchev–Trinajstić information content (AvgIpc) is 2.75. The lowest BCUT2D eigenvalue weighted by molar-refractivity contribution is -0.385. The summed E-state index contributed by atoms with van der Waals surface area (Å²) in [4.78, 5) is 52.9. The van der Waals surface area contributed by atoms with E-state index in [1.165, 1.54) is 18.2 Å². The Morgan fingerprint density at radius 2 is 1.14 bits per heavy atom. The summed E-state index contributed by atoms with van der Waals surface area (Å²) in [7, 11) is 0. The van der Waals surface area contributed by atoms with Crippen LogP contribution in [-0.2, 0) is 20.9 Å². The maximum absolute atomic E-state index is 11.6. The quantitative estimate of drug-likeness (QED) is 0.209. The lowest BCUT2D eigenvalue weighted by Gasteiger charge is -2.33. The van der Waals surface area contributed by atoms with Crippen LogP contribution in [0.1, 0.15) is 5.56 Å². The van der Waals surface area contributed by atoms with Crippen molar-refractivity contribution in [1.29, 1.82) is 0 Å². The van der Waals surface area contributed by atoms with Crippen molar-refractivity contribution in [2.45, 2.75) is 6.54 Å². The Morgan fingerprint density at radius 3 is 1.49 bits per heavy atom. The zero-order valence-electron chi connectivity index (χ0n) is 19.7. The Kier molecular flexibility index (Phi) is 10.8. The first kappa shape index (κ1) is 27.9. The van der Waals surface area contributed by atoms with E-state index < -0.39 is 22.6 Å². The third kappa shape index (κ3) is 10.2. The summed E-state index contributed by atoms with van der Waals surface area (Å²) in [6, 6.07) is 3.85. The molecule has 1 aromatic rings. The number of non-ortho nitro benzene ring substituents is 1. The molecular weight excluding hydrogens is 460 g/mol. The number of nitrogens with zero attached hydrogens (tertiary/aromatic N) is 5. The van der Waals surface area contributed by atoms with Gasteiger partial charge in [-0.15, -0.1) is 0 Å². The Hall–Kier alpha value is -3.33. The van der Waals surface area contributed by atoms with Crippen LogP contribution in [0, 0.1) is 10.1 Å². The van der Waals surface area contributed by atoms with E-state index in [9.17, 15) is 29.6 Å².